The van der Waals surface area contributed by atoms with Gasteiger partial charge in [0, 0.05) is 23.6 Å². The van der Waals surface area contributed by atoms with E-state index in [2.05, 4.69) is 4.98 Å². The number of anilines is 1. The SMILES string of the molecule is Cc1cccc(C2/C(=C(\O)c3ccncc3)C(=O)C(=O)N2c2ccc(Cl)c(Cl)c2)c1. The predicted molar refractivity (Wildman–Crippen MR) is 117 cm³/mol. The highest BCUT2D eigenvalue weighted by Gasteiger charge is 2.47. The van der Waals surface area contributed by atoms with Crippen LogP contribution in [0.1, 0.15) is 22.7 Å². The van der Waals surface area contributed by atoms with Crippen LogP contribution in [0.4, 0.5) is 5.69 Å². The smallest absolute Gasteiger partial charge is 0.300 e. The molecule has 0 aliphatic carbocycles. The zero-order chi connectivity index (χ0) is 21.4. The third kappa shape index (κ3) is 3.47. The number of rotatable bonds is 3. The zero-order valence-electron chi connectivity index (χ0n) is 15.8. The van der Waals surface area contributed by atoms with Crippen LogP contribution in [-0.4, -0.2) is 21.8 Å². The van der Waals surface area contributed by atoms with E-state index in [-0.39, 0.29) is 16.4 Å². The predicted octanol–water partition coefficient (Wildman–Crippen LogP) is 5.32. The minimum absolute atomic E-state index is 0.00266. The standard InChI is InChI=1S/C23H16Cl2N2O3/c1-13-3-2-4-15(11-13)20-19(21(28)14-7-9-26-10-8-14)22(29)23(30)27(20)16-5-6-17(24)18(25)12-16/h2-12,20,28H,1H3/b21-19+. The number of aryl methyl sites for hydroxylation is 1. The molecule has 7 heteroatoms. The van der Waals surface area contributed by atoms with E-state index in [4.69, 9.17) is 23.2 Å². The van der Waals surface area contributed by atoms with Crippen LogP contribution in [0.15, 0.2) is 72.6 Å². The van der Waals surface area contributed by atoms with E-state index in [9.17, 15) is 14.7 Å². The van der Waals surface area contributed by atoms with Crippen molar-refractivity contribution in [3.8, 4) is 0 Å². The van der Waals surface area contributed by atoms with Crippen LogP contribution in [0.2, 0.25) is 10.0 Å². The second kappa shape index (κ2) is 7.94. The Balaban J connectivity index is 1.97. The molecule has 150 valence electrons. The van der Waals surface area contributed by atoms with Crippen molar-refractivity contribution in [1.29, 1.82) is 0 Å². The molecule has 1 N–H and O–H groups in total. The van der Waals surface area contributed by atoms with Crippen LogP contribution in [0, 0.1) is 6.92 Å². The first-order valence-corrected chi connectivity index (χ1v) is 9.87. The molecule has 2 heterocycles. The number of halogens is 2. The van der Waals surface area contributed by atoms with Crippen molar-refractivity contribution in [2.75, 3.05) is 4.90 Å². The number of nitrogens with zero attached hydrogens (tertiary/aromatic N) is 2. The van der Waals surface area contributed by atoms with Gasteiger partial charge >= 0.3 is 0 Å². The van der Waals surface area contributed by atoms with Crippen LogP contribution in [0.25, 0.3) is 5.76 Å². The monoisotopic (exact) mass is 438 g/mol. The van der Waals surface area contributed by atoms with E-state index in [0.717, 1.165) is 5.56 Å². The highest BCUT2D eigenvalue weighted by Crippen LogP contribution is 2.43. The van der Waals surface area contributed by atoms with Gasteiger partial charge in [0.15, 0.2) is 0 Å². The first-order chi connectivity index (χ1) is 14.4. The van der Waals surface area contributed by atoms with Gasteiger partial charge in [-0.2, -0.15) is 0 Å². The summed E-state index contributed by atoms with van der Waals surface area (Å²) in [4.78, 5) is 31.4. The minimum Gasteiger partial charge on any atom is -0.507 e. The Morgan fingerprint density at radius 2 is 1.73 bits per heavy atom. The molecule has 0 radical (unpaired) electrons. The maximum Gasteiger partial charge on any atom is 0.300 e. The minimum atomic E-state index is -0.824. The van der Waals surface area contributed by atoms with Gasteiger partial charge in [0.1, 0.15) is 5.76 Å². The Morgan fingerprint density at radius 1 is 1.00 bits per heavy atom. The Morgan fingerprint density at radius 3 is 2.40 bits per heavy atom. The van der Waals surface area contributed by atoms with Crippen LogP contribution >= 0.6 is 23.2 Å². The Bertz CT molecular complexity index is 1190. The first kappa shape index (κ1) is 20.1. The summed E-state index contributed by atoms with van der Waals surface area (Å²) in [5, 5.41) is 11.6. The molecule has 1 atom stereocenters. The second-order valence-electron chi connectivity index (χ2n) is 6.92. The van der Waals surface area contributed by atoms with E-state index in [1.807, 2.05) is 31.2 Å². The molecule has 2 aromatic carbocycles. The fourth-order valence-corrected chi connectivity index (χ4v) is 3.85. The summed E-state index contributed by atoms with van der Waals surface area (Å²) in [7, 11) is 0. The van der Waals surface area contributed by atoms with Gasteiger partial charge in [0.2, 0.25) is 0 Å². The molecule has 1 aliphatic heterocycles. The first-order valence-electron chi connectivity index (χ1n) is 9.11. The summed E-state index contributed by atoms with van der Waals surface area (Å²) in [5.74, 6) is -1.79. The molecule has 0 spiro atoms. The van der Waals surface area contributed by atoms with Gasteiger partial charge in [0.25, 0.3) is 11.7 Å². The molecular weight excluding hydrogens is 423 g/mol. The van der Waals surface area contributed by atoms with Crippen molar-refractivity contribution >= 4 is 46.3 Å². The van der Waals surface area contributed by atoms with Crippen LogP contribution in [-0.2, 0) is 9.59 Å². The number of ketones is 1. The van der Waals surface area contributed by atoms with Gasteiger partial charge in [-0.05, 0) is 42.8 Å². The second-order valence-corrected chi connectivity index (χ2v) is 7.73. The number of carbonyl (C=O) groups excluding carboxylic acids is 2. The van der Waals surface area contributed by atoms with Crippen molar-refractivity contribution in [3.05, 3.63) is 99.3 Å². The van der Waals surface area contributed by atoms with Gasteiger partial charge in [-0.25, -0.2) is 0 Å². The van der Waals surface area contributed by atoms with Crippen LogP contribution < -0.4 is 4.90 Å². The maximum absolute atomic E-state index is 13.1. The highest BCUT2D eigenvalue weighted by atomic mass is 35.5. The molecule has 1 fully saturated rings. The number of aliphatic hydroxyl groups excluding tert-OH is 1. The Hall–Kier alpha value is -3.15. The normalized spacial score (nSPS) is 18.1. The molecule has 1 amide bonds. The van der Waals surface area contributed by atoms with E-state index < -0.39 is 17.7 Å². The number of hydrogen-bond donors (Lipinski definition) is 1. The fourth-order valence-electron chi connectivity index (χ4n) is 3.55. The number of carbonyl (C=O) groups is 2. The number of Topliss-reactive ketones (excluding diaryl/α,β-unsaturated/α-hetero) is 1. The zero-order valence-corrected chi connectivity index (χ0v) is 17.4. The molecular formula is C23H16Cl2N2O3. The molecule has 3 aromatic rings. The average molecular weight is 439 g/mol. The highest BCUT2D eigenvalue weighted by molar-refractivity contribution is 6.52. The van der Waals surface area contributed by atoms with E-state index in [0.29, 0.717) is 21.8 Å². The van der Waals surface area contributed by atoms with Gasteiger partial charge < -0.3 is 5.11 Å². The molecule has 1 saturated heterocycles. The number of benzene rings is 2. The molecule has 4 rings (SSSR count). The van der Waals surface area contributed by atoms with Crippen LogP contribution in [0.5, 0.6) is 0 Å². The van der Waals surface area contributed by atoms with Gasteiger partial charge in [0.05, 0.1) is 21.7 Å². The molecule has 1 aromatic heterocycles. The lowest BCUT2D eigenvalue weighted by atomic mass is 9.94. The molecule has 1 aliphatic rings. The third-order valence-corrected chi connectivity index (χ3v) is 5.68. The summed E-state index contributed by atoms with van der Waals surface area (Å²) in [6.45, 7) is 1.91. The van der Waals surface area contributed by atoms with Crippen molar-refractivity contribution in [2.45, 2.75) is 13.0 Å². The number of aliphatic hydroxyl groups is 1. The quantitative estimate of drug-likeness (QED) is 0.341. The van der Waals surface area contributed by atoms with E-state index >= 15 is 0 Å². The molecule has 30 heavy (non-hydrogen) atoms. The average Bonchev–Trinajstić information content (AvgIpc) is 3.01. The summed E-state index contributed by atoms with van der Waals surface area (Å²) < 4.78 is 0. The fraction of sp³-hybridized carbons (Fsp3) is 0.0870. The Kier molecular flexibility index (Phi) is 5.33. The summed E-state index contributed by atoms with van der Waals surface area (Å²) in [5.41, 5.74) is 2.46. The molecule has 5 nitrogen and oxygen atoms in total. The number of pyridine rings is 1. The van der Waals surface area contributed by atoms with Crippen molar-refractivity contribution < 1.29 is 14.7 Å². The lowest BCUT2D eigenvalue weighted by Crippen LogP contribution is -2.29. The van der Waals surface area contributed by atoms with Crippen molar-refractivity contribution in [2.24, 2.45) is 0 Å². The lowest BCUT2D eigenvalue weighted by Gasteiger charge is -2.26. The Labute approximate surface area is 183 Å². The number of amides is 1. The van der Waals surface area contributed by atoms with Gasteiger partial charge in [-0.3, -0.25) is 19.5 Å². The maximum atomic E-state index is 13.1. The van der Waals surface area contributed by atoms with Crippen molar-refractivity contribution in [1.82, 2.24) is 4.98 Å². The summed E-state index contributed by atoms with van der Waals surface area (Å²) in [6.07, 6.45) is 3.01. The topological polar surface area (TPSA) is 70.5 Å². The lowest BCUT2D eigenvalue weighted by molar-refractivity contribution is -0.132. The largest absolute Gasteiger partial charge is 0.507 e. The summed E-state index contributed by atoms with van der Waals surface area (Å²) in [6, 6.07) is 14.5. The molecule has 1 unspecified atom stereocenters. The van der Waals surface area contributed by atoms with E-state index in [1.54, 1.807) is 24.3 Å². The summed E-state index contributed by atoms with van der Waals surface area (Å²) >= 11 is 12.2. The number of hydrogen-bond acceptors (Lipinski definition) is 4. The third-order valence-electron chi connectivity index (χ3n) is 4.94. The van der Waals surface area contributed by atoms with Crippen molar-refractivity contribution in [3.63, 3.8) is 0 Å². The van der Waals surface area contributed by atoms with E-state index in [1.165, 1.54) is 23.4 Å². The number of aromatic nitrogens is 1. The van der Waals surface area contributed by atoms with Gasteiger partial charge in [-0.1, -0.05) is 53.0 Å². The van der Waals surface area contributed by atoms with Crippen LogP contribution in [0.3, 0.4) is 0 Å². The molecule has 0 saturated carbocycles. The van der Waals surface area contributed by atoms with Gasteiger partial charge in [-0.15, -0.1) is 0 Å². The molecule has 0 bridgehead atoms.